The highest BCUT2D eigenvalue weighted by Crippen LogP contribution is 2.34. The lowest BCUT2D eigenvalue weighted by Gasteiger charge is -2.28. The lowest BCUT2D eigenvalue weighted by Crippen LogP contribution is -2.25. The lowest BCUT2D eigenvalue weighted by atomic mass is 9.86. The van der Waals surface area contributed by atoms with Crippen LogP contribution < -0.4 is 4.74 Å². The molecule has 0 bridgehead atoms. The van der Waals surface area contributed by atoms with Crippen molar-refractivity contribution in [1.82, 2.24) is 24.7 Å². The third kappa shape index (κ3) is 4.28. The number of aryl methyl sites for hydroxylation is 2. The summed E-state index contributed by atoms with van der Waals surface area (Å²) in [7, 11) is 0. The minimum absolute atomic E-state index is 0.141. The molecule has 29 heavy (non-hydrogen) atoms. The van der Waals surface area contributed by atoms with E-state index in [1.165, 1.54) is 0 Å². The molecule has 7 heteroatoms. The number of aromatic nitrogens is 5. The van der Waals surface area contributed by atoms with Gasteiger partial charge in [0.15, 0.2) is 11.6 Å². The SMILES string of the molecule is CCCc1cnc(-n2c(C)nnc2C2CCC(Oc3ccccn3)CC2)c(F)c1. The highest BCUT2D eigenvalue weighted by molar-refractivity contribution is 5.31. The second kappa shape index (κ2) is 8.68. The van der Waals surface area contributed by atoms with Crippen LogP contribution in [0.2, 0.25) is 0 Å². The summed E-state index contributed by atoms with van der Waals surface area (Å²) in [5.74, 6) is 2.26. The summed E-state index contributed by atoms with van der Waals surface area (Å²) in [6, 6.07) is 7.25. The van der Waals surface area contributed by atoms with Gasteiger partial charge in [-0.15, -0.1) is 10.2 Å². The van der Waals surface area contributed by atoms with E-state index in [2.05, 4.69) is 27.1 Å². The molecule has 1 aliphatic carbocycles. The van der Waals surface area contributed by atoms with E-state index >= 15 is 0 Å². The Labute approximate surface area is 170 Å². The van der Waals surface area contributed by atoms with Gasteiger partial charge in [0.05, 0.1) is 0 Å². The Bertz CT molecular complexity index is 951. The summed E-state index contributed by atoms with van der Waals surface area (Å²) in [5, 5.41) is 8.60. The van der Waals surface area contributed by atoms with Crippen LogP contribution in [0.3, 0.4) is 0 Å². The van der Waals surface area contributed by atoms with E-state index in [-0.39, 0.29) is 23.7 Å². The maximum atomic E-state index is 14.8. The van der Waals surface area contributed by atoms with Gasteiger partial charge < -0.3 is 4.74 Å². The smallest absolute Gasteiger partial charge is 0.213 e. The van der Waals surface area contributed by atoms with Crippen LogP contribution >= 0.6 is 0 Å². The fourth-order valence-corrected chi connectivity index (χ4v) is 3.99. The predicted octanol–water partition coefficient (Wildman–Crippen LogP) is 4.56. The van der Waals surface area contributed by atoms with Crippen molar-refractivity contribution in [2.45, 2.75) is 64.4 Å². The molecule has 0 saturated heterocycles. The number of ether oxygens (including phenoxy) is 1. The first kappa shape index (κ1) is 19.5. The molecule has 0 unspecified atom stereocenters. The highest BCUT2D eigenvalue weighted by atomic mass is 19.1. The zero-order valence-electron chi connectivity index (χ0n) is 16.9. The monoisotopic (exact) mass is 395 g/mol. The second-order valence-electron chi connectivity index (χ2n) is 7.60. The Hall–Kier alpha value is -2.83. The van der Waals surface area contributed by atoms with Crippen LogP contribution in [-0.4, -0.2) is 30.8 Å². The Morgan fingerprint density at radius 2 is 1.97 bits per heavy atom. The van der Waals surface area contributed by atoms with E-state index in [4.69, 9.17) is 4.74 Å². The summed E-state index contributed by atoms with van der Waals surface area (Å²) >= 11 is 0. The molecule has 0 aliphatic heterocycles. The Kier molecular flexibility index (Phi) is 5.83. The minimum Gasteiger partial charge on any atom is -0.474 e. The molecule has 0 amide bonds. The molecule has 0 radical (unpaired) electrons. The number of halogens is 1. The van der Waals surface area contributed by atoms with Gasteiger partial charge in [0.25, 0.3) is 0 Å². The molecule has 1 aliphatic rings. The van der Waals surface area contributed by atoms with Crippen LogP contribution in [0.25, 0.3) is 5.82 Å². The van der Waals surface area contributed by atoms with Crippen molar-refractivity contribution in [3.63, 3.8) is 0 Å². The molecular formula is C22H26FN5O. The maximum Gasteiger partial charge on any atom is 0.213 e. The Morgan fingerprint density at radius 3 is 2.66 bits per heavy atom. The van der Waals surface area contributed by atoms with Crippen molar-refractivity contribution < 1.29 is 9.13 Å². The molecule has 3 aromatic heterocycles. The summed E-state index contributed by atoms with van der Waals surface area (Å²) in [5.41, 5.74) is 0.910. The van der Waals surface area contributed by atoms with Crippen LogP contribution in [0.4, 0.5) is 4.39 Å². The second-order valence-corrected chi connectivity index (χ2v) is 7.60. The molecule has 3 aromatic rings. The van der Waals surface area contributed by atoms with Gasteiger partial charge in [-0.2, -0.15) is 0 Å². The largest absolute Gasteiger partial charge is 0.474 e. The van der Waals surface area contributed by atoms with E-state index in [1.54, 1.807) is 23.0 Å². The van der Waals surface area contributed by atoms with Gasteiger partial charge in [0.1, 0.15) is 17.8 Å². The average Bonchev–Trinajstić information content (AvgIpc) is 3.11. The van der Waals surface area contributed by atoms with Crippen LogP contribution in [-0.2, 0) is 6.42 Å². The Morgan fingerprint density at radius 1 is 1.14 bits per heavy atom. The molecule has 0 aromatic carbocycles. The Balaban J connectivity index is 1.50. The fourth-order valence-electron chi connectivity index (χ4n) is 3.99. The van der Waals surface area contributed by atoms with Gasteiger partial charge in [-0.05, 0) is 56.7 Å². The molecule has 1 saturated carbocycles. The molecule has 6 nitrogen and oxygen atoms in total. The summed E-state index contributed by atoms with van der Waals surface area (Å²) in [6.07, 6.45) is 9.02. The van der Waals surface area contributed by atoms with E-state index < -0.39 is 0 Å². The first-order valence-corrected chi connectivity index (χ1v) is 10.3. The molecule has 0 atom stereocenters. The predicted molar refractivity (Wildman–Crippen MR) is 108 cm³/mol. The van der Waals surface area contributed by atoms with Crippen molar-refractivity contribution in [2.24, 2.45) is 0 Å². The van der Waals surface area contributed by atoms with Gasteiger partial charge in [0, 0.05) is 24.4 Å². The summed E-state index contributed by atoms with van der Waals surface area (Å²) < 4.78 is 22.6. The van der Waals surface area contributed by atoms with Crippen molar-refractivity contribution in [1.29, 1.82) is 0 Å². The summed E-state index contributed by atoms with van der Waals surface area (Å²) in [4.78, 5) is 8.64. The number of hydrogen-bond donors (Lipinski definition) is 0. The van der Waals surface area contributed by atoms with Crippen LogP contribution in [0.15, 0.2) is 36.7 Å². The van der Waals surface area contributed by atoms with Crippen molar-refractivity contribution in [3.8, 4) is 11.7 Å². The van der Waals surface area contributed by atoms with Gasteiger partial charge in [0.2, 0.25) is 5.88 Å². The third-order valence-electron chi connectivity index (χ3n) is 5.44. The quantitative estimate of drug-likeness (QED) is 0.612. The van der Waals surface area contributed by atoms with Crippen molar-refractivity contribution >= 4 is 0 Å². The first-order valence-electron chi connectivity index (χ1n) is 10.3. The fraction of sp³-hybridized carbons (Fsp3) is 0.455. The summed E-state index contributed by atoms with van der Waals surface area (Å²) in [6.45, 7) is 3.91. The van der Waals surface area contributed by atoms with E-state index in [0.717, 1.165) is 49.9 Å². The minimum atomic E-state index is -0.327. The van der Waals surface area contributed by atoms with E-state index in [0.29, 0.717) is 11.7 Å². The molecule has 152 valence electrons. The molecular weight excluding hydrogens is 369 g/mol. The van der Waals surface area contributed by atoms with Gasteiger partial charge >= 0.3 is 0 Å². The topological polar surface area (TPSA) is 65.7 Å². The number of pyridine rings is 2. The van der Waals surface area contributed by atoms with Crippen LogP contribution in [0.1, 0.15) is 62.2 Å². The zero-order valence-corrected chi connectivity index (χ0v) is 16.9. The zero-order chi connectivity index (χ0) is 20.2. The molecule has 1 fully saturated rings. The number of hydrogen-bond acceptors (Lipinski definition) is 5. The van der Waals surface area contributed by atoms with Gasteiger partial charge in [-0.3, -0.25) is 4.57 Å². The van der Waals surface area contributed by atoms with E-state index in [9.17, 15) is 4.39 Å². The number of rotatable bonds is 6. The maximum absolute atomic E-state index is 14.8. The third-order valence-corrected chi connectivity index (χ3v) is 5.44. The molecule has 0 spiro atoms. The van der Waals surface area contributed by atoms with Crippen LogP contribution in [0.5, 0.6) is 5.88 Å². The van der Waals surface area contributed by atoms with Crippen molar-refractivity contribution in [3.05, 3.63) is 59.7 Å². The number of nitrogens with zero attached hydrogens (tertiary/aromatic N) is 5. The molecule has 4 rings (SSSR count). The molecule has 3 heterocycles. The van der Waals surface area contributed by atoms with Crippen LogP contribution in [0, 0.1) is 12.7 Å². The average molecular weight is 395 g/mol. The standard InChI is InChI=1S/C22H26FN5O/c1-3-6-16-13-19(23)22(25-14-16)28-15(2)26-27-21(28)17-8-10-18(11-9-17)29-20-7-4-5-12-24-20/h4-5,7,12-14,17-18H,3,6,8-11H2,1-2H3. The van der Waals surface area contributed by atoms with E-state index in [1.807, 2.05) is 25.1 Å². The lowest BCUT2D eigenvalue weighted by molar-refractivity contribution is 0.139. The van der Waals surface area contributed by atoms with Gasteiger partial charge in [-0.25, -0.2) is 14.4 Å². The molecule has 0 N–H and O–H groups in total. The normalized spacial score (nSPS) is 19.3. The first-order chi connectivity index (χ1) is 14.2. The highest BCUT2D eigenvalue weighted by Gasteiger charge is 2.29. The van der Waals surface area contributed by atoms with Gasteiger partial charge in [-0.1, -0.05) is 19.4 Å². The van der Waals surface area contributed by atoms with Crippen molar-refractivity contribution in [2.75, 3.05) is 0 Å².